The molecule has 0 aliphatic carbocycles. The first-order valence-corrected chi connectivity index (χ1v) is 9.96. The number of rotatable bonds is 6. The molecule has 1 amide bonds. The number of anilines is 1. The number of nitrogens with one attached hydrogen (secondary N) is 1. The van der Waals surface area contributed by atoms with Crippen molar-refractivity contribution < 1.29 is 14.3 Å². The fourth-order valence-corrected chi connectivity index (χ4v) is 4.18. The fourth-order valence-electron chi connectivity index (χ4n) is 3.11. The van der Waals surface area contributed by atoms with Gasteiger partial charge in [-0.3, -0.25) is 4.79 Å². The van der Waals surface area contributed by atoms with Crippen LogP contribution in [-0.4, -0.2) is 36.8 Å². The Morgan fingerprint density at radius 3 is 2.93 bits per heavy atom. The second kappa shape index (κ2) is 8.17. The van der Waals surface area contributed by atoms with Crippen molar-refractivity contribution in [3.63, 3.8) is 0 Å². The van der Waals surface area contributed by atoms with Crippen LogP contribution in [0.5, 0.6) is 0 Å². The highest BCUT2D eigenvalue weighted by Gasteiger charge is 2.16. The standard InChI is InChI=1S/C21H22N2O3S/c1-14-4-9-18-19(11-14)27-21(23-18)15-5-7-16(8-6-15)22-20(24)13-25-12-17-3-2-10-26-17/h4-9,11,17H,2-3,10,12-13H2,1H3,(H,22,24). The van der Waals surface area contributed by atoms with Gasteiger partial charge in [0.2, 0.25) is 5.91 Å². The van der Waals surface area contributed by atoms with Crippen molar-refractivity contribution in [1.29, 1.82) is 0 Å². The van der Waals surface area contributed by atoms with Crippen molar-refractivity contribution in [2.75, 3.05) is 25.1 Å². The lowest BCUT2D eigenvalue weighted by molar-refractivity contribution is -0.121. The molecule has 1 atom stereocenters. The van der Waals surface area contributed by atoms with Crippen LogP contribution in [0.15, 0.2) is 42.5 Å². The van der Waals surface area contributed by atoms with Gasteiger partial charge in [-0.1, -0.05) is 6.07 Å². The monoisotopic (exact) mass is 382 g/mol. The average molecular weight is 382 g/mol. The molecule has 1 N–H and O–H groups in total. The van der Waals surface area contributed by atoms with E-state index in [-0.39, 0.29) is 18.6 Å². The molecule has 6 heteroatoms. The number of carbonyl (C=O) groups is 1. The highest BCUT2D eigenvalue weighted by atomic mass is 32.1. The molecule has 1 saturated heterocycles. The third kappa shape index (κ3) is 4.53. The van der Waals surface area contributed by atoms with Gasteiger partial charge < -0.3 is 14.8 Å². The number of fused-ring (bicyclic) bond motifs is 1. The van der Waals surface area contributed by atoms with Crippen molar-refractivity contribution in [2.24, 2.45) is 0 Å². The third-order valence-electron chi connectivity index (χ3n) is 4.52. The van der Waals surface area contributed by atoms with E-state index in [0.29, 0.717) is 6.61 Å². The van der Waals surface area contributed by atoms with E-state index < -0.39 is 0 Å². The van der Waals surface area contributed by atoms with E-state index in [4.69, 9.17) is 14.5 Å². The molecular formula is C21H22N2O3S. The van der Waals surface area contributed by atoms with E-state index in [1.165, 1.54) is 10.3 Å². The lowest BCUT2D eigenvalue weighted by Crippen LogP contribution is -2.22. The molecule has 0 spiro atoms. The summed E-state index contributed by atoms with van der Waals surface area (Å²) in [4.78, 5) is 16.7. The molecule has 140 valence electrons. The first-order valence-electron chi connectivity index (χ1n) is 9.14. The van der Waals surface area contributed by atoms with Crippen LogP contribution >= 0.6 is 11.3 Å². The van der Waals surface area contributed by atoms with E-state index in [1.807, 2.05) is 24.3 Å². The Bertz CT molecular complexity index is 930. The summed E-state index contributed by atoms with van der Waals surface area (Å²) in [6.45, 7) is 3.39. The highest BCUT2D eigenvalue weighted by Crippen LogP contribution is 2.31. The summed E-state index contributed by atoms with van der Waals surface area (Å²) in [5, 5.41) is 3.84. The van der Waals surface area contributed by atoms with E-state index in [9.17, 15) is 4.79 Å². The molecule has 1 aliphatic heterocycles. The van der Waals surface area contributed by atoms with Gasteiger partial charge in [-0.05, 0) is 61.7 Å². The van der Waals surface area contributed by atoms with E-state index in [1.54, 1.807) is 11.3 Å². The number of hydrogen-bond acceptors (Lipinski definition) is 5. The first-order chi connectivity index (χ1) is 13.2. The topological polar surface area (TPSA) is 60.5 Å². The molecule has 0 bridgehead atoms. The lowest BCUT2D eigenvalue weighted by Gasteiger charge is -2.10. The minimum absolute atomic E-state index is 0.0405. The zero-order valence-corrected chi connectivity index (χ0v) is 16.1. The maximum Gasteiger partial charge on any atom is 0.250 e. The maximum absolute atomic E-state index is 12.0. The van der Waals surface area contributed by atoms with E-state index >= 15 is 0 Å². The number of thiazole rings is 1. The van der Waals surface area contributed by atoms with Crippen molar-refractivity contribution in [2.45, 2.75) is 25.9 Å². The Morgan fingerprint density at radius 1 is 1.30 bits per heavy atom. The predicted molar refractivity (Wildman–Crippen MR) is 108 cm³/mol. The SMILES string of the molecule is Cc1ccc2nc(-c3ccc(NC(=O)COCC4CCCO4)cc3)sc2c1. The number of carbonyl (C=O) groups excluding carboxylic acids is 1. The lowest BCUT2D eigenvalue weighted by atomic mass is 10.2. The Hall–Kier alpha value is -2.28. The smallest absolute Gasteiger partial charge is 0.250 e. The molecule has 1 unspecified atom stereocenters. The molecule has 1 fully saturated rings. The summed E-state index contributed by atoms with van der Waals surface area (Å²) in [6.07, 6.45) is 2.21. The number of nitrogens with zero attached hydrogens (tertiary/aromatic N) is 1. The number of aryl methyl sites for hydroxylation is 1. The number of benzene rings is 2. The average Bonchev–Trinajstić information content (AvgIpc) is 3.31. The fraction of sp³-hybridized carbons (Fsp3) is 0.333. The first kappa shape index (κ1) is 18.1. The Kier molecular flexibility index (Phi) is 5.48. The largest absolute Gasteiger partial charge is 0.376 e. The van der Waals surface area contributed by atoms with Gasteiger partial charge in [0.05, 0.1) is 22.9 Å². The minimum Gasteiger partial charge on any atom is -0.376 e. The van der Waals surface area contributed by atoms with Crippen LogP contribution < -0.4 is 5.32 Å². The molecule has 0 saturated carbocycles. The summed E-state index contributed by atoms with van der Waals surface area (Å²) in [5.41, 5.74) is 4.04. The van der Waals surface area contributed by atoms with Gasteiger partial charge >= 0.3 is 0 Å². The molecule has 2 heterocycles. The molecule has 1 aliphatic rings. The van der Waals surface area contributed by atoms with Gasteiger partial charge in [0.1, 0.15) is 11.6 Å². The number of hydrogen-bond donors (Lipinski definition) is 1. The van der Waals surface area contributed by atoms with Crippen LogP contribution in [0.4, 0.5) is 5.69 Å². The molecule has 4 rings (SSSR count). The Balaban J connectivity index is 1.34. The summed E-state index contributed by atoms with van der Waals surface area (Å²) in [6, 6.07) is 14.0. The third-order valence-corrected chi connectivity index (χ3v) is 5.59. The van der Waals surface area contributed by atoms with Gasteiger partial charge in [0.15, 0.2) is 0 Å². The van der Waals surface area contributed by atoms with Crippen LogP contribution in [0, 0.1) is 6.92 Å². The number of ether oxygens (including phenoxy) is 2. The van der Waals surface area contributed by atoms with Gasteiger partial charge in [-0.25, -0.2) is 4.98 Å². The van der Waals surface area contributed by atoms with Crippen LogP contribution in [0.1, 0.15) is 18.4 Å². The summed E-state index contributed by atoms with van der Waals surface area (Å²) >= 11 is 1.68. The van der Waals surface area contributed by atoms with Crippen molar-refractivity contribution >= 4 is 33.1 Å². The second-order valence-electron chi connectivity index (χ2n) is 6.77. The summed E-state index contributed by atoms with van der Waals surface area (Å²) in [7, 11) is 0. The number of amides is 1. The van der Waals surface area contributed by atoms with Crippen LogP contribution in [0.2, 0.25) is 0 Å². The molecule has 2 aromatic carbocycles. The second-order valence-corrected chi connectivity index (χ2v) is 7.80. The Labute approximate surface area is 162 Å². The van der Waals surface area contributed by atoms with Gasteiger partial charge in [0, 0.05) is 17.9 Å². The van der Waals surface area contributed by atoms with Gasteiger partial charge in [-0.2, -0.15) is 0 Å². The molecule has 5 nitrogen and oxygen atoms in total. The van der Waals surface area contributed by atoms with Crippen molar-refractivity contribution in [1.82, 2.24) is 4.98 Å². The maximum atomic E-state index is 12.0. The predicted octanol–water partition coefficient (Wildman–Crippen LogP) is 4.41. The molecule has 1 aromatic heterocycles. The van der Waals surface area contributed by atoms with Crippen LogP contribution in [-0.2, 0) is 14.3 Å². The van der Waals surface area contributed by atoms with Crippen LogP contribution in [0.3, 0.4) is 0 Å². The summed E-state index contributed by atoms with van der Waals surface area (Å²) in [5.74, 6) is -0.156. The van der Waals surface area contributed by atoms with Crippen LogP contribution in [0.25, 0.3) is 20.8 Å². The zero-order valence-electron chi connectivity index (χ0n) is 15.2. The molecule has 0 radical (unpaired) electrons. The number of aromatic nitrogens is 1. The van der Waals surface area contributed by atoms with Gasteiger partial charge in [0.25, 0.3) is 0 Å². The minimum atomic E-state index is -0.156. The molecule has 27 heavy (non-hydrogen) atoms. The Morgan fingerprint density at radius 2 is 2.15 bits per heavy atom. The van der Waals surface area contributed by atoms with E-state index in [2.05, 4.69) is 30.4 Å². The normalized spacial score (nSPS) is 16.7. The highest BCUT2D eigenvalue weighted by molar-refractivity contribution is 7.21. The van der Waals surface area contributed by atoms with Gasteiger partial charge in [-0.15, -0.1) is 11.3 Å². The van der Waals surface area contributed by atoms with E-state index in [0.717, 1.165) is 41.2 Å². The molecule has 3 aromatic rings. The van der Waals surface area contributed by atoms with Crippen molar-refractivity contribution in [3.8, 4) is 10.6 Å². The van der Waals surface area contributed by atoms with Crippen molar-refractivity contribution in [3.05, 3.63) is 48.0 Å². The quantitative estimate of drug-likeness (QED) is 0.686. The molecular weight excluding hydrogens is 360 g/mol. The zero-order chi connectivity index (χ0) is 18.6. The summed E-state index contributed by atoms with van der Waals surface area (Å²) < 4.78 is 12.1.